The third-order valence-corrected chi connectivity index (χ3v) is 5.47. The number of hydrogen-bond donors (Lipinski definition) is 2. The Labute approximate surface area is 145 Å². The van der Waals surface area contributed by atoms with Crippen LogP contribution < -0.4 is 4.72 Å². The molecule has 2 aromatic rings. The Bertz CT molecular complexity index is 825. The molecule has 0 aliphatic rings. The molecule has 0 aliphatic heterocycles. The molecule has 1 heterocycles. The van der Waals surface area contributed by atoms with E-state index in [2.05, 4.69) is 9.71 Å². The van der Waals surface area contributed by atoms with E-state index >= 15 is 0 Å². The normalized spacial score (nSPS) is 12.9. The van der Waals surface area contributed by atoms with Crippen LogP contribution in [-0.4, -0.2) is 18.5 Å². The van der Waals surface area contributed by atoms with Crippen molar-refractivity contribution in [3.05, 3.63) is 51.6 Å². The van der Waals surface area contributed by atoms with E-state index in [0.717, 1.165) is 0 Å². The van der Waals surface area contributed by atoms with Crippen molar-refractivity contribution in [3.63, 3.8) is 0 Å². The molecule has 0 aliphatic carbocycles. The Morgan fingerprint density at radius 1 is 1.26 bits per heavy atom. The highest BCUT2D eigenvalue weighted by Gasteiger charge is 2.20. The zero-order valence-electron chi connectivity index (χ0n) is 12.5. The number of rotatable bonds is 5. The van der Waals surface area contributed by atoms with Gasteiger partial charge in [-0.1, -0.05) is 36.2 Å². The van der Waals surface area contributed by atoms with Crippen LogP contribution in [0.25, 0.3) is 0 Å². The van der Waals surface area contributed by atoms with Gasteiger partial charge in [0.2, 0.25) is 0 Å². The quantitative estimate of drug-likeness (QED) is 0.830. The fraction of sp³-hybridized carbons (Fsp3) is 0.267. The lowest BCUT2D eigenvalue weighted by molar-refractivity contribution is 0.169. The van der Waals surface area contributed by atoms with Gasteiger partial charge in [0.25, 0.3) is 10.0 Å². The fourth-order valence-corrected chi connectivity index (χ4v) is 3.77. The van der Waals surface area contributed by atoms with Gasteiger partial charge in [-0.25, -0.2) is 13.4 Å². The first-order valence-corrected chi connectivity index (χ1v) is 9.12. The van der Waals surface area contributed by atoms with E-state index in [1.807, 2.05) is 0 Å². The predicted molar refractivity (Wildman–Crippen MR) is 91.5 cm³/mol. The van der Waals surface area contributed by atoms with Crippen molar-refractivity contribution in [1.29, 1.82) is 0 Å². The largest absolute Gasteiger partial charge is 0.387 e. The first-order chi connectivity index (χ1) is 10.7. The van der Waals surface area contributed by atoms with Gasteiger partial charge in [0.15, 0.2) is 0 Å². The molecule has 23 heavy (non-hydrogen) atoms. The summed E-state index contributed by atoms with van der Waals surface area (Å²) in [5, 5.41) is 10.2. The Hall–Kier alpha value is -1.34. The van der Waals surface area contributed by atoms with Gasteiger partial charge in [-0.3, -0.25) is 4.72 Å². The molecule has 5 nitrogen and oxygen atoms in total. The van der Waals surface area contributed by atoms with E-state index in [9.17, 15) is 13.5 Å². The molecule has 124 valence electrons. The number of anilines is 1. The minimum absolute atomic E-state index is 0.0258. The summed E-state index contributed by atoms with van der Waals surface area (Å²) in [4.78, 5) is 4.04. The molecule has 1 aromatic heterocycles. The summed E-state index contributed by atoms with van der Waals surface area (Å²) in [5.74, 6) is 0.110. The van der Waals surface area contributed by atoms with Crippen molar-refractivity contribution in [1.82, 2.24) is 4.98 Å². The number of aliphatic hydroxyl groups excluding tert-OH is 1. The van der Waals surface area contributed by atoms with Crippen LogP contribution in [0.4, 0.5) is 5.82 Å². The van der Waals surface area contributed by atoms with Crippen LogP contribution in [0.1, 0.15) is 30.7 Å². The zero-order valence-corrected chi connectivity index (χ0v) is 14.9. The maximum absolute atomic E-state index is 12.5. The van der Waals surface area contributed by atoms with Crippen LogP contribution in [-0.2, 0) is 10.0 Å². The predicted octanol–water partition coefficient (Wildman–Crippen LogP) is 3.94. The second-order valence-corrected chi connectivity index (χ2v) is 7.47. The third-order valence-electron chi connectivity index (χ3n) is 3.24. The van der Waals surface area contributed by atoms with Crippen molar-refractivity contribution >= 4 is 39.0 Å². The van der Waals surface area contributed by atoms with Gasteiger partial charge in [0.1, 0.15) is 10.7 Å². The van der Waals surface area contributed by atoms with Crippen LogP contribution in [0.2, 0.25) is 10.0 Å². The van der Waals surface area contributed by atoms with Gasteiger partial charge in [0.05, 0.1) is 16.8 Å². The van der Waals surface area contributed by atoms with Gasteiger partial charge >= 0.3 is 0 Å². The van der Waals surface area contributed by atoms with Crippen LogP contribution in [0.15, 0.2) is 35.2 Å². The molecule has 2 N–H and O–H groups in total. The molecule has 2 rings (SSSR count). The zero-order chi connectivity index (χ0) is 17.2. The molecule has 0 bridgehead atoms. The molecular weight excluding hydrogens is 359 g/mol. The average Bonchev–Trinajstić information content (AvgIpc) is 2.49. The van der Waals surface area contributed by atoms with Crippen LogP contribution >= 0.6 is 23.2 Å². The summed E-state index contributed by atoms with van der Waals surface area (Å²) in [5.41, 5.74) is 0.991. The van der Waals surface area contributed by atoms with Gasteiger partial charge in [-0.15, -0.1) is 0 Å². The topological polar surface area (TPSA) is 79.3 Å². The van der Waals surface area contributed by atoms with E-state index in [4.69, 9.17) is 23.2 Å². The molecule has 0 radical (unpaired) electrons. The van der Waals surface area contributed by atoms with Crippen molar-refractivity contribution in [2.45, 2.75) is 31.3 Å². The van der Waals surface area contributed by atoms with Gasteiger partial charge in [0, 0.05) is 5.02 Å². The highest BCUT2D eigenvalue weighted by Crippen LogP contribution is 2.29. The molecular formula is C15H16Cl2N2O3S. The number of aliphatic hydroxyl groups is 1. The smallest absolute Gasteiger partial charge is 0.264 e. The number of hydrogen-bond acceptors (Lipinski definition) is 4. The van der Waals surface area contributed by atoms with Gasteiger partial charge in [-0.05, 0) is 43.2 Å². The second-order valence-electron chi connectivity index (χ2n) is 5.01. The summed E-state index contributed by atoms with van der Waals surface area (Å²) in [7, 11) is -3.92. The minimum atomic E-state index is -3.92. The molecule has 0 saturated heterocycles. The summed E-state index contributed by atoms with van der Waals surface area (Å²) in [6.07, 6.45) is -0.272. The van der Waals surface area contributed by atoms with Crippen molar-refractivity contribution in [3.8, 4) is 0 Å². The molecule has 0 fully saturated rings. The number of halogens is 2. The number of sulfonamides is 1. The minimum Gasteiger partial charge on any atom is -0.387 e. The maximum atomic E-state index is 12.5. The van der Waals surface area contributed by atoms with Crippen molar-refractivity contribution in [2.75, 3.05) is 4.72 Å². The monoisotopic (exact) mass is 374 g/mol. The van der Waals surface area contributed by atoms with Crippen molar-refractivity contribution < 1.29 is 13.5 Å². The number of benzene rings is 1. The Balaban J connectivity index is 2.37. The third kappa shape index (κ3) is 4.14. The molecule has 0 saturated carbocycles. The lowest BCUT2D eigenvalue weighted by atomic mass is 10.2. The summed E-state index contributed by atoms with van der Waals surface area (Å²) in [6.45, 7) is 3.49. The van der Waals surface area contributed by atoms with E-state index in [1.165, 1.54) is 18.2 Å². The highest BCUT2D eigenvalue weighted by atomic mass is 35.5. The Morgan fingerprint density at radius 3 is 2.61 bits per heavy atom. The SMILES string of the molecule is CC[C@H](O)c1cccc(NS(=O)(=O)c2cc(C)c(Cl)cc2Cl)n1. The van der Waals surface area contributed by atoms with Crippen LogP contribution in [0.3, 0.4) is 0 Å². The number of pyridine rings is 1. The van der Waals surface area contributed by atoms with E-state index < -0.39 is 16.1 Å². The first kappa shape index (κ1) is 18.0. The van der Waals surface area contributed by atoms with Crippen molar-refractivity contribution in [2.24, 2.45) is 0 Å². The molecule has 0 spiro atoms. The Kier molecular flexibility index (Phi) is 5.52. The molecule has 0 amide bonds. The van der Waals surface area contributed by atoms with Crippen LogP contribution in [0, 0.1) is 6.92 Å². The van der Waals surface area contributed by atoms with Gasteiger partial charge in [-0.2, -0.15) is 0 Å². The maximum Gasteiger partial charge on any atom is 0.264 e. The second kappa shape index (κ2) is 7.05. The molecule has 0 unspecified atom stereocenters. The lowest BCUT2D eigenvalue weighted by Gasteiger charge is -2.12. The number of aryl methyl sites for hydroxylation is 1. The summed E-state index contributed by atoms with van der Waals surface area (Å²) in [6, 6.07) is 7.54. The highest BCUT2D eigenvalue weighted by molar-refractivity contribution is 7.92. The van der Waals surface area contributed by atoms with E-state index in [0.29, 0.717) is 22.7 Å². The Morgan fingerprint density at radius 2 is 1.96 bits per heavy atom. The average molecular weight is 375 g/mol. The lowest BCUT2D eigenvalue weighted by Crippen LogP contribution is -2.15. The summed E-state index contributed by atoms with van der Waals surface area (Å²) >= 11 is 11.9. The summed E-state index contributed by atoms with van der Waals surface area (Å²) < 4.78 is 27.4. The molecule has 1 aromatic carbocycles. The molecule has 8 heteroatoms. The molecule has 1 atom stereocenters. The fourth-order valence-electron chi connectivity index (χ4n) is 1.93. The number of nitrogens with one attached hydrogen (secondary N) is 1. The van der Waals surface area contributed by atoms with Gasteiger partial charge < -0.3 is 5.11 Å². The van der Waals surface area contributed by atoms with E-state index in [-0.39, 0.29) is 15.7 Å². The standard InChI is InChI=1S/C15H16Cl2N2O3S/c1-3-13(20)12-5-4-6-15(18-12)19-23(21,22)14-7-9(2)10(16)8-11(14)17/h4-8,13,20H,3H2,1-2H3,(H,18,19)/t13-/m0/s1. The number of nitrogens with zero attached hydrogens (tertiary/aromatic N) is 1. The number of aromatic nitrogens is 1. The van der Waals surface area contributed by atoms with Crippen LogP contribution in [0.5, 0.6) is 0 Å². The van der Waals surface area contributed by atoms with E-state index in [1.54, 1.807) is 26.0 Å². The first-order valence-electron chi connectivity index (χ1n) is 6.88.